The van der Waals surface area contributed by atoms with Gasteiger partial charge in [-0.05, 0) is 18.2 Å². The van der Waals surface area contributed by atoms with Crippen LogP contribution in [0.25, 0.3) is 0 Å². The number of nitrogens with zero attached hydrogens (tertiary/aromatic N) is 3. The van der Waals surface area contributed by atoms with E-state index in [2.05, 4.69) is 10.2 Å². The fourth-order valence-corrected chi connectivity index (χ4v) is 4.69. The third-order valence-electron chi connectivity index (χ3n) is 6.32. The van der Waals surface area contributed by atoms with Crippen LogP contribution >= 0.6 is 0 Å². The maximum atomic E-state index is 13.3. The van der Waals surface area contributed by atoms with Crippen LogP contribution in [0.1, 0.15) is 38.9 Å². The minimum Gasteiger partial charge on any atom is -0.379 e. The lowest BCUT2D eigenvalue weighted by molar-refractivity contribution is -0.121. The number of para-hydroxylation sites is 1. The smallest absolute Gasteiger partial charge is 0.260 e. The van der Waals surface area contributed by atoms with Crippen LogP contribution in [0.2, 0.25) is 0 Å². The van der Waals surface area contributed by atoms with Gasteiger partial charge in [0, 0.05) is 50.3 Å². The molecule has 0 aliphatic carbocycles. The normalized spacial score (nSPS) is 20.1. The van der Waals surface area contributed by atoms with E-state index < -0.39 is 6.17 Å². The summed E-state index contributed by atoms with van der Waals surface area (Å²) in [4.78, 5) is 44.6. The molecule has 3 aliphatic heterocycles. The average Bonchev–Trinajstić information content (AvgIpc) is 3.12. The SMILES string of the molecule is O=C(CCN1C(=O)c2ccccc2N2C(=O)c3ccccc3[C@H]12)NCCN1CCOCC1. The van der Waals surface area contributed by atoms with Crippen LogP contribution in [0.4, 0.5) is 5.69 Å². The van der Waals surface area contributed by atoms with Crippen molar-refractivity contribution in [2.45, 2.75) is 12.6 Å². The van der Waals surface area contributed by atoms with Crippen LogP contribution in [0, 0.1) is 0 Å². The van der Waals surface area contributed by atoms with Crippen molar-refractivity contribution in [1.82, 2.24) is 15.1 Å². The third kappa shape index (κ3) is 3.65. The second-order valence-electron chi connectivity index (χ2n) is 8.21. The van der Waals surface area contributed by atoms with Crippen molar-refractivity contribution in [3.05, 3.63) is 65.2 Å². The molecular weight excluding hydrogens is 408 g/mol. The molecule has 0 bridgehead atoms. The summed E-state index contributed by atoms with van der Waals surface area (Å²) in [5.74, 6) is -0.382. The number of anilines is 1. The Labute approximate surface area is 186 Å². The van der Waals surface area contributed by atoms with Crippen LogP contribution in [-0.4, -0.2) is 73.5 Å². The molecule has 8 heteroatoms. The largest absolute Gasteiger partial charge is 0.379 e. The van der Waals surface area contributed by atoms with Crippen molar-refractivity contribution in [3.8, 4) is 0 Å². The van der Waals surface area contributed by atoms with Crippen molar-refractivity contribution in [2.24, 2.45) is 0 Å². The first kappa shape index (κ1) is 20.7. The quantitative estimate of drug-likeness (QED) is 0.748. The van der Waals surface area contributed by atoms with Crippen LogP contribution < -0.4 is 10.2 Å². The lowest BCUT2D eigenvalue weighted by Gasteiger charge is -2.40. The molecule has 3 amide bonds. The highest BCUT2D eigenvalue weighted by Gasteiger charge is 2.47. The van der Waals surface area contributed by atoms with E-state index in [1.54, 1.807) is 34.1 Å². The second kappa shape index (κ2) is 8.72. The lowest BCUT2D eigenvalue weighted by atomic mass is 10.0. The summed E-state index contributed by atoms with van der Waals surface area (Å²) < 4.78 is 5.34. The minimum absolute atomic E-state index is 0.103. The van der Waals surface area contributed by atoms with E-state index in [1.807, 2.05) is 24.3 Å². The summed E-state index contributed by atoms with van der Waals surface area (Å²) in [5, 5.41) is 2.95. The fourth-order valence-electron chi connectivity index (χ4n) is 4.69. The topological polar surface area (TPSA) is 82.2 Å². The maximum absolute atomic E-state index is 13.3. The van der Waals surface area contributed by atoms with E-state index in [0.29, 0.717) is 23.4 Å². The number of nitrogens with one attached hydrogen (secondary N) is 1. The molecule has 1 fully saturated rings. The van der Waals surface area contributed by atoms with Gasteiger partial charge in [0.15, 0.2) is 0 Å². The van der Waals surface area contributed by atoms with Gasteiger partial charge < -0.3 is 15.0 Å². The summed E-state index contributed by atoms with van der Waals surface area (Å²) in [6.07, 6.45) is -0.347. The molecule has 0 saturated carbocycles. The molecule has 1 atom stereocenters. The second-order valence-corrected chi connectivity index (χ2v) is 8.21. The highest BCUT2D eigenvalue weighted by Crippen LogP contribution is 2.45. The Hall–Kier alpha value is -3.23. The van der Waals surface area contributed by atoms with Crippen LogP contribution in [0.5, 0.6) is 0 Å². The van der Waals surface area contributed by atoms with Crippen molar-refractivity contribution >= 4 is 23.4 Å². The zero-order chi connectivity index (χ0) is 22.1. The third-order valence-corrected chi connectivity index (χ3v) is 6.32. The van der Waals surface area contributed by atoms with Gasteiger partial charge in [0.1, 0.15) is 6.17 Å². The van der Waals surface area contributed by atoms with Crippen molar-refractivity contribution < 1.29 is 19.1 Å². The van der Waals surface area contributed by atoms with Crippen LogP contribution in [0.15, 0.2) is 48.5 Å². The monoisotopic (exact) mass is 434 g/mol. The van der Waals surface area contributed by atoms with Crippen LogP contribution in [-0.2, 0) is 9.53 Å². The van der Waals surface area contributed by atoms with Gasteiger partial charge in [-0.1, -0.05) is 30.3 Å². The number of carbonyl (C=O) groups is 3. The molecule has 5 rings (SSSR count). The Morgan fingerprint density at radius 2 is 1.66 bits per heavy atom. The zero-order valence-electron chi connectivity index (χ0n) is 17.8. The number of morpholine rings is 1. The highest BCUT2D eigenvalue weighted by molar-refractivity contribution is 6.16. The van der Waals surface area contributed by atoms with Crippen molar-refractivity contribution in [3.63, 3.8) is 0 Å². The molecule has 2 aromatic rings. The van der Waals surface area contributed by atoms with E-state index >= 15 is 0 Å². The number of carbonyl (C=O) groups excluding carboxylic acids is 3. The van der Waals surface area contributed by atoms with E-state index in [9.17, 15) is 14.4 Å². The van der Waals surface area contributed by atoms with Gasteiger partial charge in [0.2, 0.25) is 5.91 Å². The van der Waals surface area contributed by atoms with Gasteiger partial charge in [-0.3, -0.25) is 24.2 Å². The zero-order valence-corrected chi connectivity index (χ0v) is 17.8. The Bertz CT molecular complexity index is 1050. The Morgan fingerprint density at radius 1 is 0.938 bits per heavy atom. The van der Waals surface area contributed by atoms with E-state index in [0.717, 1.165) is 38.4 Å². The van der Waals surface area contributed by atoms with Gasteiger partial charge in [0.25, 0.3) is 11.8 Å². The Kier molecular flexibility index (Phi) is 5.63. The molecule has 3 aliphatic rings. The first-order chi connectivity index (χ1) is 15.6. The Morgan fingerprint density at radius 3 is 2.47 bits per heavy atom. The summed E-state index contributed by atoms with van der Waals surface area (Å²) >= 11 is 0. The van der Waals surface area contributed by atoms with E-state index in [1.165, 1.54) is 0 Å². The molecule has 0 aromatic heterocycles. The summed E-state index contributed by atoms with van der Waals surface area (Å²) in [6.45, 7) is 4.79. The molecule has 8 nitrogen and oxygen atoms in total. The maximum Gasteiger partial charge on any atom is 0.260 e. The van der Waals surface area contributed by atoms with E-state index in [-0.39, 0.29) is 30.7 Å². The molecule has 0 unspecified atom stereocenters. The first-order valence-electron chi connectivity index (χ1n) is 11.0. The fraction of sp³-hybridized carbons (Fsp3) is 0.375. The molecule has 166 valence electrons. The van der Waals surface area contributed by atoms with E-state index in [4.69, 9.17) is 4.74 Å². The predicted octanol–water partition coefficient (Wildman–Crippen LogP) is 1.64. The number of benzene rings is 2. The molecule has 1 N–H and O–H groups in total. The van der Waals surface area contributed by atoms with Crippen LogP contribution in [0.3, 0.4) is 0 Å². The number of fused-ring (bicyclic) bond motifs is 5. The number of amides is 3. The van der Waals surface area contributed by atoms with Gasteiger partial charge in [-0.25, -0.2) is 0 Å². The molecule has 3 heterocycles. The molecule has 32 heavy (non-hydrogen) atoms. The van der Waals surface area contributed by atoms with Crippen molar-refractivity contribution in [1.29, 1.82) is 0 Å². The standard InChI is InChI=1S/C24H26N4O4/c29-21(25-10-12-26-13-15-32-16-14-26)9-11-27-22-17-5-1-2-6-18(17)24(31)28(22)20-8-4-3-7-19(20)23(27)30/h1-8,22H,9-16H2,(H,25,29)/t22-/m1/s1. The lowest BCUT2D eigenvalue weighted by Crippen LogP contribution is -2.49. The highest BCUT2D eigenvalue weighted by atomic mass is 16.5. The molecule has 0 spiro atoms. The minimum atomic E-state index is -0.526. The van der Waals surface area contributed by atoms with Crippen molar-refractivity contribution in [2.75, 3.05) is 50.8 Å². The predicted molar refractivity (Wildman–Crippen MR) is 118 cm³/mol. The number of ether oxygens (including phenoxy) is 1. The van der Waals surface area contributed by atoms with Gasteiger partial charge in [0.05, 0.1) is 24.5 Å². The Balaban J connectivity index is 1.30. The van der Waals surface area contributed by atoms with Gasteiger partial charge >= 0.3 is 0 Å². The van der Waals surface area contributed by atoms with Gasteiger partial charge in [-0.2, -0.15) is 0 Å². The molecule has 0 radical (unpaired) electrons. The molecule has 2 aromatic carbocycles. The summed E-state index contributed by atoms with van der Waals surface area (Å²) in [7, 11) is 0. The first-order valence-corrected chi connectivity index (χ1v) is 11.0. The summed E-state index contributed by atoms with van der Waals surface area (Å²) in [6, 6.07) is 14.5. The molecule has 1 saturated heterocycles. The summed E-state index contributed by atoms with van der Waals surface area (Å²) in [5.41, 5.74) is 2.50. The molecular formula is C24H26N4O4. The average molecular weight is 434 g/mol. The number of hydrogen-bond acceptors (Lipinski definition) is 5. The number of rotatable bonds is 6. The number of hydrogen-bond donors (Lipinski definition) is 1. The van der Waals surface area contributed by atoms with Gasteiger partial charge in [-0.15, -0.1) is 0 Å².